The second-order valence-electron chi connectivity index (χ2n) is 5.09. The minimum atomic E-state index is 0. The molecule has 2 rings (SSSR count). The summed E-state index contributed by atoms with van der Waals surface area (Å²) in [6.07, 6.45) is 0. The van der Waals surface area contributed by atoms with Crippen LogP contribution in [-0.4, -0.2) is 34.3 Å². The Kier molecular flexibility index (Phi) is 9.57. The summed E-state index contributed by atoms with van der Waals surface area (Å²) in [5, 5.41) is 6.50. The van der Waals surface area contributed by atoms with Gasteiger partial charge >= 0.3 is 0 Å². The molecule has 0 aliphatic rings. The van der Waals surface area contributed by atoms with Gasteiger partial charge in [0, 0.05) is 25.3 Å². The molecule has 0 aromatic heterocycles. The third-order valence-electron chi connectivity index (χ3n) is 3.55. The number of nitrogens with one attached hydrogen (secondary N) is 2. The number of ether oxygens (including phenoxy) is 3. The molecule has 0 fully saturated rings. The zero-order chi connectivity index (χ0) is 18.2. The standard InChI is InChI=1S/C18H22BrN3O3.HI/c1-20-18(21-11-12-5-7-15(23-2)14(19)9-12)22-13-6-8-16(24-3)17(10-13)25-4;/h5-10H,11H2,1-4H3,(H2,20,21,22);1H. The fourth-order valence-corrected chi connectivity index (χ4v) is 2.82. The van der Waals surface area contributed by atoms with Gasteiger partial charge in [-0.2, -0.15) is 0 Å². The van der Waals surface area contributed by atoms with Gasteiger partial charge in [-0.1, -0.05) is 6.07 Å². The Hall–Kier alpha value is -1.68. The Morgan fingerprint density at radius 2 is 1.62 bits per heavy atom. The van der Waals surface area contributed by atoms with Gasteiger partial charge in [-0.3, -0.25) is 4.99 Å². The summed E-state index contributed by atoms with van der Waals surface area (Å²) in [6.45, 7) is 0.621. The topological polar surface area (TPSA) is 64.1 Å². The molecule has 142 valence electrons. The number of rotatable bonds is 6. The molecule has 0 spiro atoms. The molecular formula is C18H23BrIN3O3. The average molecular weight is 536 g/mol. The number of hydrogen-bond acceptors (Lipinski definition) is 4. The van der Waals surface area contributed by atoms with Crippen molar-refractivity contribution < 1.29 is 14.2 Å². The van der Waals surface area contributed by atoms with Gasteiger partial charge < -0.3 is 24.8 Å². The molecule has 0 aliphatic heterocycles. The lowest BCUT2D eigenvalue weighted by molar-refractivity contribution is 0.355. The number of hydrogen-bond donors (Lipinski definition) is 2. The molecule has 0 unspecified atom stereocenters. The van der Waals surface area contributed by atoms with E-state index in [1.54, 1.807) is 28.4 Å². The SMILES string of the molecule is CN=C(NCc1ccc(OC)c(Br)c1)Nc1ccc(OC)c(OC)c1.I. The summed E-state index contributed by atoms with van der Waals surface area (Å²) >= 11 is 3.49. The number of aliphatic imine (C=N–C) groups is 1. The smallest absolute Gasteiger partial charge is 0.195 e. The second-order valence-corrected chi connectivity index (χ2v) is 5.94. The van der Waals surface area contributed by atoms with Crippen molar-refractivity contribution in [3.05, 3.63) is 46.4 Å². The van der Waals surface area contributed by atoms with E-state index in [4.69, 9.17) is 14.2 Å². The van der Waals surface area contributed by atoms with Crippen LogP contribution in [0.5, 0.6) is 17.2 Å². The number of guanidine groups is 1. The first-order chi connectivity index (χ1) is 12.1. The van der Waals surface area contributed by atoms with E-state index in [0.29, 0.717) is 24.0 Å². The molecule has 2 aromatic carbocycles. The van der Waals surface area contributed by atoms with Gasteiger partial charge in [0.2, 0.25) is 0 Å². The first-order valence-corrected chi connectivity index (χ1v) is 8.42. The zero-order valence-corrected chi connectivity index (χ0v) is 19.0. The Bertz CT molecular complexity index is 756. The first-order valence-electron chi connectivity index (χ1n) is 7.63. The third-order valence-corrected chi connectivity index (χ3v) is 4.17. The molecule has 2 N–H and O–H groups in total. The van der Waals surface area contributed by atoms with Gasteiger partial charge in [-0.25, -0.2) is 0 Å². The van der Waals surface area contributed by atoms with E-state index in [1.165, 1.54) is 0 Å². The highest BCUT2D eigenvalue weighted by Gasteiger charge is 2.07. The van der Waals surface area contributed by atoms with Crippen LogP contribution < -0.4 is 24.8 Å². The number of methoxy groups -OCH3 is 3. The molecule has 0 saturated carbocycles. The molecule has 0 amide bonds. The highest BCUT2D eigenvalue weighted by molar-refractivity contribution is 14.0. The van der Waals surface area contributed by atoms with E-state index in [2.05, 4.69) is 31.6 Å². The van der Waals surface area contributed by atoms with Crippen molar-refractivity contribution in [1.29, 1.82) is 0 Å². The number of benzene rings is 2. The van der Waals surface area contributed by atoms with Crippen LogP contribution in [0.2, 0.25) is 0 Å². The summed E-state index contributed by atoms with van der Waals surface area (Å²) in [5.74, 6) is 2.79. The van der Waals surface area contributed by atoms with Gasteiger partial charge in [-0.05, 0) is 45.8 Å². The van der Waals surface area contributed by atoms with Crippen LogP contribution in [0.15, 0.2) is 45.9 Å². The maximum Gasteiger partial charge on any atom is 0.195 e. The molecular weight excluding hydrogens is 513 g/mol. The van der Waals surface area contributed by atoms with Crippen LogP contribution in [0.4, 0.5) is 5.69 Å². The maximum absolute atomic E-state index is 5.31. The van der Waals surface area contributed by atoms with Gasteiger partial charge in [0.15, 0.2) is 17.5 Å². The lowest BCUT2D eigenvalue weighted by Gasteiger charge is -2.14. The lowest BCUT2D eigenvalue weighted by atomic mass is 10.2. The highest BCUT2D eigenvalue weighted by Crippen LogP contribution is 2.29. The second kappa shape index (κ2) is 11.1. The Morgan fingerprint density at radius 3 is 2.19 bits per heavy atom. The third kappa shape index (κ3) is 5.94. The minimum Gasteiger partial charge on any atom is -0.496 e. The van der Waals surface area contributed by atoms with Crippen LogP contribution in [0.1, 0.15) is 5.56 Å². The lowest BCUT2D eigenvalue weighted by Crippen LogP contribution is -2.30. The van der Waals surface area contributed by atoms with E-state index < -0.39 is 0 Å². The van der Waals surface area contributed by atoms with Crippen molar-refractivity contribution in [1.82, 2.24) is 5.32 Å². The van der Waals surface area contributed by atoms with Crippen molar-refractivity contribution >= 4 is 51.6 Å². The van der Waals surface area contributed by atoms with Gasteiger partial charge in [0.05, 0.1) is 25.8 Å². The van der Waals surface area contributed by atoms with Gasteiger partial charge in [-0.15, -0.1) is 24.0 Å². The Labute approximate surface area is 179 Å². The van der Waals surface area contributed by atoms with Crippen molar-refractivity contribution in [2.24, 2.45) is 4.99 Å². The molecule has 6 nitrogen and oxygen atoms in total. The van der Waals surface area contributed by atoms with Gasteiger partial charge in [0.25, 0.3) is 0 Å². The van der Waals surface area contributed by atoms with Crippen LogP contribution >= 0.6 is 39.9 Å². The molecule has 2 aromatic rings. The zero-order valence-electron chi connectivity index (χ0n) is 15.1. The highest BCUT2D eigenvalue weighted by atomic mass is 127. The molecule has 0 bridgehead atoms. The summed E-state index contributed by atoms with van der Waals surface area (Å²) in [7, 11) is 6.58. The first kappa shape index (κ1) is 22.4. The van der Waals surface area contributed by atoms with Crippen molar-refractivity contribution in [3.8, 4) is 17.2 Å². The van der Waals surface area contributed by atoms with E-state index >= 15 is 0 Å². The van der Waals surface area contributed by atoms with Crippen LogP contribution in [0, 0.1) is 0 Å². The van der Waals surface area contributed by atoms with Gasteiger partial charge in [0.1, 0.15) is 5.75 Å². The summed E-state index contributed by atoms with van der Waals surface area (Å²) in [5.41, 5.74) is 1.95. The Morgan fingerprint density at radius 1 is 0.962 bits per heavy atom. The minimum absolute atomic E-state index is 0. The number of nitrogens with zero attached hydrogens (tertiary/aromatic N) is 1. The van der Waals surface area contributed by atoms with Crippen molar-refractivity contribution in [3.63, 3.8) is 0 Å². The van der Waals surface area contributed by atoms with E-state index in [-0.39, 0.29) is 24.0 Å². The summed E-state index contributed by atoms with van der Waals surface area (Å²) in [4.78, 5) is 4.24. The molecule has 0 aliphatic carbocycles. The number of anilines is 1. The van der Waals surface area contributed by atoms with Crippen LogP contribution in [-0.2, 0) is 6.54 Å². The normalized spacial score (nSPS) is 10.6. The molecule has 0 radical (unpaired) electrons. The van der Waals surface area contributed by atoms with Crippen LogP contribution in [0.25, 0.3) is 0 Å². The fraction of sp³-hybridized carbons (Fsp3) is 0.278. The maximum atomic E-state index is 5.31. The van der Waals surface area contributed by atoms with Crippen LogP contribution in [0.3, 0.4) is 0 Å². The summed E-state index contributed by atoms with van der Waals surface area (Å²) in [6, 6.07) is 11.5. The van der Waals surface area contributed by atoms with Crippen molar-refractivity contribution in [2.75, 3.05) is 33.7 Å². The fourth-order valence-electron chi connectivity index (χ4n) is 2.24. The largest absolute Gasteiger partial charge is 0.496 e. The molecule has 26 heavy (non-hydrogen) atoms. The number of halogens is 2. The molecule has 8 heteroatoms. The monoisotopic (exact) mass is 535 g/mol. The Balaban J connectivity index is 0.00000338. The summed E-state index contributed by atoms with van der Waals surface area (Å²) < 4.78 is 16.7. The molecule has 0 saturated heterocycles. The predicted octanol–water partition coefficient (Wildman–Crippen LogP) is 4.28. The van der Waals surface area contributed by atoms with E-state index in [1.807, 2.05) is 36.4 Å². The molecule has 0 heterocycles. The molecule has 0 atom stereocenters. The van der Waals surface area contributed by atoms with E-state index in [9.17, 15) is 0 Å². The predicted molar refractivity (Wildman–Crippen MR) is 119 cm³/mol. The average Bonchev–Trinajstić information content (AvgIpc) is 2.64. The van der Waals surface area contributed by atoms with Crippen molar-refractivity contribution in [2.45, 2.75) is 6.54 Å². The van der Waals surface area contributed by atoms with E-state index in [0.717, 1.165) is 21.5 Å². The quantitative estimate of drug-likeness (QED) is 0.328.